The lowest BCUT2D eigenvalue weighted by Crippen LogP contribution is -2.41. The van der Waals surface area contributed by atoms with Gasteiger partial charge in [-0.05, 0) is 50.1 Å². The number of halogens is 1. The molecule has 0 aromatic heterocycles. The molecule has 1 saturated heterocycles. The lowest BCUT2D eigenvalue weighted by atomic mass is 10.2. The summed E-state index contributed by atoms with van der Waals surface area (Å²) in [5, 5.41) is 0. The number of amides is 1. The molecule has 0 radical (unpaired) electrons. The van der Waals surface area contributed by atoms with E-state index in [9.17, 15) is 17.6 Å². The Morgan fingerprint density at radius 2 is 1.80 bits per heavy atom. The van der Waals surface area contributed by atoms with Gasteiger partial charge in [0, 0.05) is 12.2 Å². The Bertz CT molecular complexity index is 910. The van der Waals surface area contributed by atoms with Gasteiger partial charge in [0.25, 0.3) is 0 Å². The van der Waals surface area contributed by atoms with Crippen LogP contribution in [0, 0.1) is 19.7 Å². The Kier molecular flexibility index (Phi) is 4.62. The average Bonchev–Trinajstić information content (AvgIpc) is 2.91. The second-order valence-corrected chi connectivity index (χ2v) is 7.88. The molecule has 0 bridgehead atoms. The molecular formula is C18H19FN2O3S. The first-order valence-corrected chi connectivity index (χ1v) is 9.43. The molecule has 0 spiro atoms. The summed E-state index contributed by atoms with van der Waals surface area (Å²) in [4.78, 5) is 14.0. The third kappa shape index (κ3) is 3.57. The zero-order valence-electron chi connectivity index (χ0n) is 14.0. The van der Waals surface area contributed by atoms with E-state index in [1.807, 2.05) is 31.2 Å². The first kappa shape index (κ1) is 17.6. The number of anilines is 1. The number of carbonyl (C=O) groups excluding carboxylic acids is 1. The van der Waals surface area contributed by atoms with Crippen molar-refractivity contribution in [2.45, 2.75) is 31.2 Å². The van der Waals surface area contributed by atoms with Crippen LogP contribution in [-0.4, -0.2) is 26.9 Å². The van der Waals surface area contributed by atoms with Gasteiger partial charge < -0.3 is 4.90 Å². The number of hydrogen-bond donors (Lipinski definition) is 1. The topological polar surface area (TPSA) is 66.5 Å². The van der Waals surface area contributed by atoms with E-state index in [4.69, 9.17) is 0 Å². The summed E-state index contributed by atoms with van der Waals surface area (Å²) in [7, 11) is -3.98. The zero-order chi connectivity index (χ0) is 18.2. The minimum Gasteiger partial charge on any atom is -0.311 e. The Balaban J connectivity index is 1.80. The SMILES string of the molecule is Cc1ccc(N2CCC(NS(=O)(=O)c3cc(F)ccc3C)C2=O)cc1. The molecule has 2 aromatic carbocycles. The van der Waals surface area contributed by atoms with Crippen LogP contribution >= 0.6 is 0 Å². The van der Waals surface area contributed by atoms with Gasteiger partial charge in [0.15, 0.2) is 0 Å². The molecule has 2 aromatic rings. The van der Waals surface area contributed by atoms with Crippen molar-refractivity contribution < 1.29 is 17.6 Å². The summed E-state index contributed by atoms with van der Waals surface area (Å²) in [5.74, 6) is -0.938. The van der Waals surface area contributed by atoms with Gasteiger partial charge in [-0.2, -0.15) is 4.72 Å². The number of sulfonamides is 1. The largest absolute Gasteiger partial charge is 0.311 e. The maximum Gasteiger partial charge on any atom is 0.245 e. The van der Waals surface area contributed by atoms with E-state index >= 15 is 0 Å². The second-order valence-electron chi connectivity index (χ2n) is 6.20. The normalized spacial score (nSPS) is 18.0. The van der Waals surface area contributed by atoms with Gasteiger partial charge in [0.05, 0.1) is 4.90 Å². The Hall–Kier alpha value is -2.25. The van der Waals surface area contributed by atoms with E-state index in [0.29, 0.717) is 18.5 Å². The Morgan fingerprint density at radius 1 is 1.12 bits per heavy atom. The van der Waals surface area contributed by atoms with Crippen molar-refractivity contribution in [2.75, 3.05) is 11.4 Å². The third-order valence-electron chi connectivity index (χ3n) is 4.29. The lowest BCUT2D eigenvalue weighted by Gasteiger charge is -2.18. The molecule has 25 heavy (non-hydrogen) atoms. The summed E-state index contributed by atoms with van der Waals surface area (Å²) in [6.07, 6.45) is 0.361. The molecule has 132 valence electrons. The molecule has 0 saturated carbocycles. The maximum absolute atomic E-state index is 13.4. The Morgan fingerprint density at radius 3 is 2.48 bits per heavy atom. The molecule has 3 rings (SSSR count). The molecule has 1 N–H and O–H groups in total. The van der Waals surface area contributed by atoms with E-state index in [1.165, 1.54) is 12.1 Å². The van der Waals surface area contributed by atoms with Gasteiger partial charge in [-0.15, -0.1) is 0 Å². The van der Waals surface area contributed by atoms with Gasteiger partial charge in [-0.1, -0.05) is 23.8 Å². The van der Waals surface area contributed by atoms with Crippen molar-refractivity contribution in [2.24, 2.45) is 0 Å². The highest BCUT2D eigenvalue weighted by atomic mass is 32.2. The first-order chi connectivity index (χ1) is 11.8. The molecule has 0 aliphatic carbocycles. The lowest BCUT2D eigenvalue weighted by molar-refractivity contribution is -0.118. The van der Waals surface area contributed by atoms with Crippen molar-refractivity contribution in [3.05, 3.63) is 59.4 Å². The van der Waals surface area contributed by atoms with Crippen LogP contribution in [0.2, 0.25) is 0 Å². The van der Waals surface area contributed by atoms with Gasteiger partial charge in [-0.3, -0.25) is 4.79 Å². The standard InChI is InChI=1S/C18H19FN2O3S/c1-12-3-7-15(8-4-12)21-10-9-16(18(21)22)20-25(23,24)17-11-14(19)6-5-13(17)2/h3-8,11,16,20H,9-10H2,1-2H3. The zero-order valence-corrected chi connectivity index (χ0v) is 14.8. The summed E-state index contributed by atoms with van der Waals surface area (Å²) in [6, 6.07) is 10.2. The summed E-state index contributed by atoms with van der Waals surface area (Å²) < 4.78 is 40.9. The summed E-state index contributed by atoms with van der Waals surface area (Å²) in [6.45, 7) is 3.97. The van der Waals surface area contributed by atoms with Crippen LogP contribution in [0.3, 0.4) is 0 Å². The number of hydrogen-bond acceptors (Lipinski definition) is 3. The number of benzene rings is 2. The molecule has 7 heteroatoms. The van der Waals surface area contributed by atoms with Crippen molar-refractivity contribution in [3.63, 3.8) is 0 Å². The minimum atomic E-state index is -3.98. The molecule has 1 aliphatic rings. The molecular weight excluding hydrogens is 343 g/mol. The molecule has 1 amide bonds. The Labute approximate surface area is 146 Å². The van der Waals surface area contributed by atoms with E-state index in [-0.39, 0.29) is 10.8 Å². The molecule has 1 aliphatic heterocycles. The number of carbonyl (C=O) groups is 1. The fourth-order valence-corrected chi connectivity index (χ4v) is 4.36. The molecule has 5 nitrogen and oxygen atoms in total. The first-order valence-electron chi connectivity index (χ1n) is 7.94. The van der Waals surface area contributed by atoms with E-state index in [1.54, 1.807) is 11.8 Å². The highest BCUT2D eigenvalue weighted by Crippen LogP contribution is 2.24. The number of nitrogens with one attached hydrogen (secondary N) is 1. The number of aryl methyl sites for hydroxylation is 2. The van der Waals surface area contributed by atoms with Crippen LogP contribution in [0.15, 0.2) is 47.4 Å². The van der Waals surface area contributed by atoms with Crippen molar-refractivity contribution in [1.82, 2.24) is 4.72 Å². The minimum absolute atomic E-state index is 0.144. The van der Waals surface area contributed by atoms with Crippen LogP contribution in [0.1, 0.15) is 17.5 Å². The predicted molar refractivity (Wildman–Crippen MR) is 93.4 cm³/mol. The van der Waals surface area contributed by atoms with Crippen LogP contribution in [0.25, 0.3) is 0 Å². The van der Waals surface area contributed by atoms with E-state index < -0.39 is 21.9 Å². The van der Waals surface area contributed by atoms with Crippen LogP contribution in [-0.2, 0) is 14.8 Å². The van der Waals surface area contributed by atoms with Crippen LogP contribution < -0.4 is 9.62 Å². The second kappa shape index (κ2) is 6.57. The van der Waals surface area contributed by atoms with Crippen LogP contribution in [0.5, 0.6) is 0 Å². The third-order valence-corrected chi connectivity index (χ3v) is 5.90. The molecule has 1 unspecified atom stereocenters. The maximum atomic E-state index is 13.4. The fraction of sp³-hybridized carbons (Fsp3) is 0.278. The molecule has 1 heterocycles. The quantitative estimate of drug-likeness (QED) is 0.909. The monoisotopic (exact) mass is 362 g/mol. The van der Waals surface area contributed by atoms with Gasteiger partial charge in [-0.25, -0.2) is 12.8 Å². The van der Waals surface area contributed by atoms with Gasteiger partial charge >= 0.3 is 0 Å². The van der Waals surface area contributed by atoms with Crippen molar-refractivity contribution >= 4 is 21.6 Å². The fourth-order valence-electron chi connectivity index (χ4n) is 2.88. The number of rotatable bonds is 4. The van der Waals surface area contributed by atoms with Crippen molar-refractivity contribution in [3.8, 4) is 0 Å². The summed E-state index contributed by atoms with van der Waals surface area (Å²) >= 11 is 0. The van der Waals surface area contributed by atoms with Crippen LogP contribution in [0.4, 0.5) is 10.1 Å². The predicted octanol–water partition coefficient (Wildman–Crippen LogP) is 2.53. The van der Waals surface area contributed by atoms with Gasteiger partial charge in [0.1, 0.15) is 11.9 Å². The highest BCUT2D eigenvalue weighted by molar-refractivity contribution is 7.89. The molecule has 1 fully saturated rings. The van der Waals surface area contributed by atoms with E-state index in [0.717, 1.165) is 17.3 Å². The van der Waals surface area contributed by atoms with E-state index in [2.05, 4.69) is 4.72 Å². The van der Waals surface area contributed by atoms with Crippen molar-refractivity contribution in [1.29, 1.82) is 0 Å². The highest BCUT2D eigenvalue weighted by Gasteiger charge is 2.36. The number of nitrogens with zero attached hydrogens (tertiary/aromatic N) is 1. The average molecular weight is 362 g/mol. The van der Waals surface area contributed by atoms with Gasteiger partial charge in [0.2, 0.25) is 15.9 Å². The summed E-state index contributed by atoms with van der Waals surface area (Å²) in [5.41, 5.74) is 2.24. The molecule has 1 atom stereocenters. The smallest absolute Gasteiger partial charge is 0.245 e.